The van der Waals surface area contributed by atoms with Gasteiger partial charge < -0.3 is 14.2 Å². The lowest BCUT2D eigenvalue weighted by atomic mass is 10.0. The summed E-state index contributed by atoms with van der Waals surface area (Å²) in [5.41, 5.74) is 0. The lowest BCUT2D eigenvalue weighted by molar-refractivity contribution is -0.167. The van der Waals surface area contributed by atoms with Gasteiger partial charge in [-0.3, -0.25) is 14.4 Å². The second-order valence-electron chi connectivity index (χ2n) is 22.0. The van der Waals surface area contributed by atoms with Crippen LogP contribution in [0, 0.1) is 0 Å². The standard InChI is InChI=1S/C71H124O6/c1-4-7-10-13-16-19-21-23-25-27-29-31-33-34-35-36-38-39-41-43-45-47-49-52-55-58-61-64-70(73)76-67-68(66-75-69(72)63-60-57-54-51-18-15-12-9-6-3)77-71(74)65-62-59-56-53-50-48-46-44-42-40-37-32-30-28-26-24-22-20-17-14-11-8-5-2/h8,11,17,20-21,23-24,26-27,29-30,32-34,68H,4-7,9-10,12-16,18-19,22,25,28,31,35-67H2,1-3H3/b11-8-,20-17-,23-21-,26-24-,29-27-,32-30-,34-33-. The minimum absolute atomic E-state index is 0.0758. The van der Waals surface area contributed by atoms with Crippen molar-refractivity contribution in [3.05, 3.63) is 85.1 Å². The molecule has 0 aliphatic heterocycles. The van der Waals surface area contributed by atoms with Crippen molar-refractivity contribution in [2.24, 2.45) is 0 Å². The molecule has 0 aliphatic carbocycles. The minimum atomic E-state index is -0.778. The summed E-state index contributed by atoms with van der Waals surface area (Å²) >= 11 is 0. The number of esters is 3. The summed E-state index contributed by atoms with van der Waals surface area (Å²) in [5.74, 6) is -0.872. The van der Waals surface area contributed by atoms with Crippen LogP contribution in [0.15, 0.2) is 85.1 Å². The first-order chi connectivity index (χ1) is 38.0. The van der Waals surface area contributed by atoms with Gasteiger partial charge in [-0.05, 0) is 96.3 Å². The Morgan fingerprint density at radius 2 is 0.506 bits per heavy atom. The fourth-order valence-corrected chi connectivity index (χ4v) is 9.44. The molecule has 0 N–H and O–H groups in total. The summed E-state index contributed by atoms with van der Waals surface area (Å²) in [5, 5.41) is 0. The Morgan fingerprint density at radius 3 is 0.792 bits per heavy atom. The van der Waals surface area contributed by atoms with Crippen molar-refractivity contribution in [2.75, 3.05) is 13.2 Å². The van der Waals surface area contributed by atoms with Gasteiger partial charge in [0.15, 0.2) is 6.10 Å². The predicted octanol–water partition coefficient (Wildman–Crippen LogP) is 22.7. The van der Waals surface area contributed by atoms with E-state index >= 15 is 0 Å². The third kappa shape index (κ3) is 63.3. The second kappa shape index (κ2) is 65.1. The number of carbonyl (C=O) groups excluding carboxylic acids is 3. The largest absolute Gasteiger partial charge is 0.462 e. The molecule has 1 unspecified atom stereocenters. The molecule has 0 aliphatic rings. The highest BCUT2D eigenvalue weighted by atomic mass is 16.6. The van der Waals surface area contributed by atoms with Crippen LogP contribution < -0.4 is 0 Å². The normalized spacial score (nSPS) is 12.6. The predicted molar refractivity (Wildman–Crippen MR) is 334 cm³/mol. The topological polar surface area (TPSA) is 78.9 Å². The number of carbonyl (C=O) groups is 3. The summed E-state index contributed by atoms with van der Waals surface area (Å²) in [4.78, 5) is 38.2. The van der Waals surface area contributed by atoms with E-state index in [0.29, 0.717) is 19.3 Å². The van der Waals surface area contributed by atoms with Gasteiger partial charge in [-0.2, -0.15) is 0 Å². The highest BCUT2D eigenvalue weighted by molar-refractivity contribution is 5.71. The first kappa shape index (κ1) is 73.6. The van der Waals surface area contributed by atoms with Crippen molar-refractivity contribution in [3.63, 3.8) is 0 Å². The van der Waals surface area contributed by atoms with Crippen molar-refractivity contribution in [3.8, 4) is 0 Å². The highest BCUT2D eigenvalue weighted by Gasteiger charge is 2.19. The van der Waals surface area contributed by atoms with Crippen LogP contribution in [0.4, 0.5) is 0 Å². The molecule has 0 spiro atoms. The number of allylic oxidation sites excluding steroid dienone is 14. The summed E-state index contributed by atoms with van der Waals surface area (Å²) in [7, 11) is 0. The average molecular weight is 1070 g/mol. The minimum Gasteiger partial charge on any atom is -0.462 e. The fraction of sp³-hybridized carbons (Fsp3) is 0.761. The van der Waals surface area contributed by atoms with E-state index in [1.54, 1.807) is 0 Å². The van der Waals surface area contributed by atoms with E-state index in [4.69, 9.17) is 14.2 Å². The molecule has 1 atom stereocenters. The zero-order valence-corrected chi connectivity index (χ0v) is 51.0. The smallest absolute Gasteiger partial charge is 0.306 e. The molecule has 0 aromatic heterocycles. The van der Waals surface area contributed by atoms with E-state index in [1.807, 2.05) is 0 Å². The maximum absolute atomic E-state index is 12.9. The Balaban J connectivity index is 4.19. The Labute approximate surface area is 477 Å². The van der Waals surface area contributed by atoms with Crippen LogP contribution in [0.5, 0.6) is 0 Å². The molecule has 77 heavy (non-hydrogen) atoms. The summed E-state index contributed by atoms with van der Waals surface area (Å²) in [6.07, 6.45) is 86.0. The number of unbranched alkanes of at least 4 members (excludes halogenated alkanes) is 35. The maximum atomic E-state index is 12.9. The Kier molecular flexibility index (Phi) is 62.2. The molecular formula is C71H124O6. The molecule has 0 heterocycles. The Hall–Kier alpha value is -3.41. The van der Waals surface area contributed by atoms with Gasteiger partial charge in [0.05, 0.1) is 0 Å². The third-order valence-electron chi connectivity index (χ3n) is 14.4. The van der Waals surface area contributed by atoms with E-state index in [0.717, 1.165) is 96.3 Å². The number of ether oxygens (including phenoxy) is 3. The average Bonchev–Trinajstić information content (AvgIpc) is 3.43. The van der Waals surface area contributed by atoms with Crippen LogP contribution in [-0.4, -0.2) is 37.2 Å². The first-order valence-electron chi connectivity index (χ1n) is 33.1. The Morgan fingerprint density at radius 1 is 0.273 bits per heavy atom. The van der Waals surface area contributed by atoms with E-state index in [1.165, 1.54) is 193 Å². The zero-order chi connectivity index (χ0) is 55.7. The van der Waals surface area contributed by atoms with E-state index in [9.17, 15) is 14.4 Å². The maximum Gasteiger partial charge on any atom is 0.306 e. The molecule has 0 saturated carbocycles. The monoisotopic (exact) mass is 1070 g/mol. The van der Waals surface area contributed by atoms with Gasteiger partial charge in [-0.25, -0.2) is 0 Å². The Bertz CT molecular complexity index is 1470. The summed E-state index contributed by atoms with van der Waals surface area (Å²) in [6, 6.07) is 0. The number of hydrogen-bond acceptors (Lipinski definition) is 6. The molecule has 0 saturated heterocycles. The van der Waals surface area contributed by atoms with Crippen LogP contribution in [-0.2, 0) is 28.6 Å². The van der Waals surface area contributed by atoms with E-state index < -0.39 is 6.10 Å². The second-order valence-corrected chi connectivity index (χ2v) is 22.0. The highest BCUT2D eigenvalue weighted by Crippen LogP contribution is 2.17. The SMILES string of the molecule is CC/C=C\C/C=C\C/C=C\C/C=C\CCCCCCCCCCCCC(=O)OC(COC(=O)CCCCCCCCCCC)COC(=O)CCCCCCCCCCCCCC/C=C\C/C=C\C/C=C\CCCCCCC. The van der Waals surface area contributed by atoms with Crippen molar-refractivity contribution >= 4 is 17.9 Å². The van der Waals surface area contributed by atoms with Crippen LogP contribution >= 0.6 is 0 Å². The molecule has 6 nitrogen and oxygen atoms in total. The van der Waals surface area contributed by atoms with Gasteiger partial charge in [0.2, 0.25) is 0 Å². The third-order valence-corrected chi connectivity index (χ3v) is 14.4. The van der Waals surface area contributed by atoms with Gasteiger partial charge in [-0.1, -0.05) is 298 Å². The molecule has 444 valence electrons. The molecule has 6 heteroatoms. The van der Waals surface area contributed by atoms with Gasteiger partial charge in [-0.15, -0.1) is 0 Å². The molecule has 0 fully saturated rings. The summed E-state index contributed by atoms with van der Waals surface area (Å²) < 4.78 is 16.9. The van der Waals surface area contributed by atoms with Gasteiger partial charge in [0.1, 0.15) is 13.2 Å². The zero-order valence-electron chi connectivity index (χ0n) is 51.0. The van der Waals surface area contributed by atoms with Crippen LogP contribution in [0.25, 0.3) is 0 Å². The van der Waals surface area contributed by atoms with E-state index in [-0.39, 0.29) is 31.1 Å². The molecule has 0 amide bonds. The molecule has 0 bridgehead atoms. The fourth-order valence-electron chi connectivity index (χ4n) is 9.44. The number of hydrogen-bond donors (Lipinski definition) is 0. The van der Waals surface area contributed by atoms with Crippen molar-refractivity contribution in [2.45, 2.75) is 335 Å². The molecule has 0 aromatic rings. The lowest BCUT2D eigenvalue weighted by Gasteiger charge is -2.18. The van der Waals surface area contributed by atoms with Crippen LogP contribution in [0.3, 0.4) is 0 Å². The van der Waals surface area contributed by atoms with Gasteiger partial charge in [0.25, 0.3) is 0 Å². The number of rotatable bonds is 60. The molecule has 0 aromatic carbocycles. The van der Waals surface area contributed by atoms with Gasteiger partial charge in [0, 0.05) is 19.3 Å². The van der Waals surface area contributed by atoms with Crippen LogP contribution in [0.2, 0.25) is 0 Å². The molecular weight excluding hydrogens is 949 g/mol. The van der Waals surface area contributed by atoms with Crippen LogP contribution in [0.1, 0.15) is 329 Å². The quantitative estimate of drug-likeness (QED) is 0.0261. The molecule has 0 rings (SSSR count). The van der Waals surface area contributed by atoms with E-state index in [2.05, 4.69) is 106 Å². The van der Waals surface area contributed by atoms with Crippen molar-refractivity contribution < 1.29 is 28.6 Å². The first-order valence-corrected chi connectivity index (χ1v) is 33.1. The van der Waals surface area contributed by atoms with Crippen molar-refractivity contribution in [1.29, 1.82) is 0 Å². The van der Waals surface area contributed by atoms with Gasteiger partial charge >= 0.3 is 17.9 Å². The van der Waals surface area contributed by atoms with Crippen molar-refractivity contribution in [1.82, 2.24) is 0 Å². The summed E-state index contributed by atoms with van der Waals surface area (Å²) in [6.45, 7) is 6.52. The molecule has 0 radical (unpaired) electrons. The lowest BCUT2D eigenvalue weighted by Crippen LogP contribution is -2.30.